The summed E-state index contributed by atoms with van der Waals surface area (Å²) >= 11 is 0. The number of hydrogen-bond donors (Lipinski definition) is 2. The maximum Gasteiger partial charge on any atom is 0.251 e. The van der Waals surface area contributed by atoms with Gasteiger partial charge < -0.3 is 11.1 Å². The van der Waals surface area contributed by atoms with Crippen LogP contribution in [0.5, 0.6) is 0 Å². The lowest BCUT2D eigenvalue weighted by Crippen LogP contribution is -2.25. The summed E-state index contributed by atoms with van der Waals surface area (Å²) < 4.78 is 24.8. The highest BCUT2D eigenvalue weighted by Gasteiger charge is 2.15. The molecule has 2 aromatic rings. The van der Waals surface area contributed by atoms with Crippen molar-refractivity contribution in [1.82, 2.24) is 5.32 Å². The minimum atomic E-state index is -3.40. The van der Waals surface area contributed by atoms with Gasteiger partial charge in [-0.3, -0.25) is 4.79 Å². The molecule has 0 aliphatic heterocycles. The molecule has 0 bridgehead atoms. The molecule has 6 heteroatoms. The summed E-state index contributed by atoms with van der Waals surface area (Å²) in [6.07, 6.45) is 0.721. The lowest BCUT2D eigenvalue weighted by atomic mass is 10.1. The average molecular weight is 346 g/mol. The minimum absolute atomic E-state index is 0.0921. The van der Waals surface area contributed by atoms with Gasteiger partial charge in [0, 0.05) is 12.1 Å². The van der Waals surface area contributed by atoms with Gasteiger partial charge in [-0.1, -0.05) is 29.8 Å². The Kier molecular flexibility index (Phi) is 6.11. The Balaban J connectivity index is 2.05. The fourth-order valence-electron chi connectivity index (χ4n) is 2.21. The largest absolute Gasteiger partial charge is 0.352 e. The highest BCUT2D eigenvalue weighted by molar-refractivity contribution is 7.90. The molecule has 1 amide bonds. The van der Waals surface area contributed by atoms with Crippen LogP contribution in [0.4, 0.5) is 0 Å². The van der Waals surface area contributed by atoms with Crippen molar-refractivity contribution < 1.29 is 13.2 Å². The quantitative estimate of drug-likeness (QED) is 0.751. The number of amides is 1. The number of aryl methyl sites for hydroxylation is 1. The number of carbonyl (C=O) groups excluding carboxylic acids is 1. The second kappa shape index (κ2) is 8.08. The maximum absolute atomic E-state index is 12.4. The monoisotopic (exact) mass is 346 g/mol. The third kappa shape index (κ3) is 4.91. The molecule has 0 unspecified atom stereocenters. The van der Waals surface area contributed by atoms with E-state index in [0.717, 1.165) is 12.0 Å². The topological polar surface area (TPSA) is 89.3 Å². The van der Waals surface area contributed by atoms with Crippen LogP contribution >= 0.6 is 0 Å². The predicted molar refractivity (Wildman–Crippen MR) is 94.5 cm³/mol. The Hall–Kier alpha value is -2.18. The summed E-state index contributed by atoms with van der Waals surface area (Å²) in [5, 5.41) is 2.76. The van der Waals surface area contributed by atoms with E-state index < -0.39 is 9.84 Å². The van der Waals surface area contributed by atoms with Crippen LogP contribution in [0.3, 0.4) is 0 Å². The smallest absolute Gasteiger partial charge is 0.251 e. The van der Waals surface area contributed by atoms with Crippen molar-refractivity contribution in [2.75, 3.05) is 13.1 Å². The molecule has 128 valence electrons. The summed E-state index contributed by atoms with van der Waals surface area (Å²) in [7, 11) is -3.40. The summed E-state index contributed by atoms with van der Waals surface area (Å²) in [4.78, 5) is 12.2. The molecule has 0 spiro atoms. The van der Waals surface area contributed by atoms with Gasteiger partial charge in [-0.05, 0) is 49.7 Å². The molecule has 0 saturated carbocycles. The summed E-state index contributed by atoms with van der Waals surface area (Å²) in [6, 6.07) is 13.4. The maximum atomic E-state index is 12.4. The van der Waals surface area contributed by atoms with E-state index >= 15 is 0 Å². The van der Waals surface area contributed by atoms with E-state index in [1.165, 1.54) is 0 Å². The zero-order chi connectivity index (χ0) is 17.6. The van der Waals surface area contributed by atoms with E-state index in [1.54, 1.807) is 48.5 Å². The molecule has 0 atom stereocenters. The normalized spacial score (nSPS) is 11.2. The molecular weight excluding hydrogens is 324 g/mol. The minimum Gasteiger partial charge on any atom is -0.352 e. The molecule has 0 aromatic heterocycles. The zero-order valence-corrected chi connectivity index (χ0v) is 14.5. The number of nitrogens with two attached hydrogens (primary N) is 1. The van der Waals surface area contributed by atoms with Crippen LogP contribution in [0.25, 0.3) is 0 Å². The fraction of sp³-hybridized carbons (Fsp3) is 0.278. The van der Waals surface area contributed by atoms with Crippen LogP contribution < -0.4 is 11.1 Å². The summed E-state index contributed by atoms with van der Waals surface area (Å²) in [5.74, 6) is -0.276. The van der Waals surface area contributed by atoms with Gasteiger partial charge >= 0.3 is 0 Å². The number of carbonyl (C=O) groups is 1. The van der Waals surface area contributed by atoms with Crippen LogP contribution in [-0.2, 0) is 15.6 Å². The third-order valence-electron chi connectivity index (χ3n) is 3.62. The molecular formula is C18H22N2O3S. The molecule has 24 heavy (non-hydrogen) atoms. The van der Waals surface area contributed by atoms with Crippen molar-refractivity contribution in [2.24, 2.45) is 5.73 Å². The first-order valence-electron chi connectivity index (χ1n) is 7.79. The average Bonchev–Trinajstić information content (AvgIpc) is 2.55. The molecule has 0 aliphatic rings. The number of sulfone groups is 1. The molecule has 0 heterocycles. The number of hydrogen-bond acceptors (Lipinski definition) is 4. The first kappa shape index (κ1) is 18.2. The van der Waals surface area contributed by atoms with E-state index in [2.05, 4.69) is 5.32 Å². The lowest BCUT2D eigenvalue weighted by Gasteiger charge is -2.07. The van der Waals surface area contributed by atoms with E-state index in [1.807, 2.05) is 6.92 Å². The first-order chi connectivity index (χ1) is 11.4. The number of nitrogens with one attached hydrogen (secondary N) is 1. The second-order valence-electron chi connectivity index (χ2n) is 5.67. The molecule has 0 saturated heterocycles. The Bertz CT molecular complexity index is 782. The highest BCUT2D eigenvalue weighted by atomic mass is 32.2. The zero-order valence-electron chi connectivity index (χ0n) is 13.7. The Morgan fingerprint density at radius 3 is 2.25 bits per heavy atom. The Labute approximate surface area is 142 Å². The SMILES string of the molecule is Cc1ccc(S(=O)(=O)Cc2ccc(C(=O)NCCCN)cc2)cc1. The summed E-state index contributed by atoms with van der Waals surface area (Å²) in [6.45, 7) is 2.96. The van der Waals surface area contributed by atoms with Gasteiger partial charge in [0.25, 0.3) is 5.91 Å². The molecule has 5 nitrogen and oxygen atoms in total. The van der Waals surface area contributed by atoms with E-state index in [-0.39, 0.29) is 11.7 Å². The molecule has 2 aromatic carbocycles. The van der Waals surface area contributed by atoms with Gasteiger partial charge in [0.05, 0.1) is 10.6 Å². The second-order valence-corrected chi connectivity index (χ2v) is 7.66. The van der Waals surface area contributed by atoms with Crippen LogP contribution in [0.1, 0.15) is 27.9 Å². The van der Waals surface area contributed by atoms with Crippen LogP contribution in [0, 0.1) is 6.92 Å². The van der Waals surface area contributed by atoms with E-state index in [9.17, 15) is 13.2 Å². The van der Waals surface area contributed by atoms with E-state index in [0.29, 0.717) is 29.1 Å². The highest BCUT2D eigenvalue weighted by Crippen LogP contribution is 2.17. The fourth-order valence-corrected chi connectivity index (χ4v) is 3.56. The summed E-state index contributed by atoms with van der Waals surface area (Å²) in [5.41, 5.74) is 7.54. The van der Waals surface area contributed by atoms with Crippen molar-refractivity contribution in [3.8, 4) is 0 Å². The van der Waals surface area contributed by atoms with Crippen LogP contribution in [0.15, 0.2) is 53.4 Å². The molecule has 3 N–H and O–H groups in total. The van der Waals surface area contributed by atoms with Gasteiger partial charge in [-0.2, -0.15) is 0 Å². The standard InChI is InChI=1S/C18H22N2O3S/c1-14-3-9-17(10-4-14)24(22,23)13-15-5-7-16(8-6-15)18(21)20-12-2-11-19/h3-10H,2,11-13,19H2,1H3,(H,20,21). The van der Waals surface area contributed by atoms with Crippen molar-refractivity contribution in [2.45, 2.75) is 24.0 Å². The van der Waals surface area contributed by atoms with Crippen molar-refractivity contribution in [1.29, 1.82) is 0 Å². The van der Waals surface area contributed by atoms with Crippen LogP contribution in [0.2, 0.25) is 0 Å². The molecule has 0 aliphatic carbocycles. The van der Waals surface area contributed by atoms with E-state index in [4.69, 9.17) is 5.73 Å². The third-order valence-corrected chi connectivity index (χ3v) is 5.32. The molecule has 0 radical (unpaired) electrons. The van der Waals surface area contributed by atoms with Gasteiger partial charge in [-0.25, -0.2) is 8.42 Å². The van der Waals surface area contributed by atoms with Crippen LogP contribution in [-0.4, -0.2) is 27.4 Å². The number of benzene rings is 2. The molecule has 0 fully saturated rings. The Morgan fingerprint density at radius 1 is 1.04 bits per heavy atom. The predicted octanol–water partition coefficient (Wildman–Crippen LogP) is 2.05. The van der Waals surface area contributed by atoms with Gasteiger partial charge in [0.2, 0.25) is 0 Å². The Morgan fingerprint density at radius 2 is 1.67 bits per heavy atom. The first-order valence-corrected chi connectivity index (χ1v) is 9.44. The number of rotatable bonds is 7. The van der Waals surface area contributed by atoms with Gasteiger partial charge in [0.1, 0.15) is 0 Å². The van der Waals surface area contributed by atoms with Crippen molar-refractivity contribution in [3.63, 3.8) is 0 Å². The molecule has 2 rings (SSSR count). The van der Waals surface area contributed by atoms with Gasteiger partial charge in [-0.15, -0.1) is 0 Å². The lowest BCUT2D eigenvalue weighted by molar-refractivity contribution is 0.0953. The van der Waals surface area contributed by atoms with Gasteiger partial charge in [0.15, 0.2) is 9.84 Å². The van der Waals surface area contributed by atoms with Crippen molar-refractivity contribution in [3.05, 3.63) is 65.2 Å². The van der Waals surface area contributed by atoms with Crippen molar-refractivity contribution >= 4 is 15.7 Å².